The van der Waals surface area contributed by atoms with Crippen LogP contribution in [-0.2, 0) is 10.2 Å². The first-order chi connectivity index (χ1) is 10.3. The summed E-state index contributed by atoms with van der Waals surface area (Å²) >= 11 is 0. The Kier molecular flexibility index (Phi) is 6.72. The van der Waals surface area contributed by atoms with Crippen molar-refractivity contribution in [2.75, 3.05) is 20.3 Å². The highest BCUT2D eigenvalue weighted by atomic mass is 16.5. The van der Waals surface area contributed by atoms with Gasteiger partial charge in [0.1, 0.15) is 0 Å². The van der Waals surface area contributed by atoms with Crippen LogP contribution in [0.15, 0.2) is 30.3 Å². The van der Waals surface area contributed by atoms with Gasteiger partial charge in [0.05, 0.1) is 0 Å². The van der Waals surface area contributed by atoms with Gasteiger partial charge in [-0.1, -0.05) is 50.1 Å². The number of rotatable bonds is 9. The monoisotopic (exact) mass is 289 g/mol. The van der Waals surface area contributed by atoms with Gasteiger partial charge in [-0.2, -0.15) is 0 Å². The Labute approximate surface area is 130 Å². The highest BCUT2D eigenvalue weighted by molar-refractivity contribution is 5.29. The van der Waals surface area contributed by atoms with Crippen molar-refractivity contribution in [3.63, 3.8) is 0 Å². The molecule has 0 saturated heterocycles. The van der Waals surface area contributed by atoms with Crippen molar-refractivity contribution in [2.45, 2.75) is 63.3 Å². The van der Waals surface area contributed by atoms with Crippen molar-refractivity contribution < 1.29 is 4.74 Å². The SMILES string of the molecule is CCCNC(CCCOC)C1(c2ccccc2)CCCC1. The average Bonchev–Trinajstić information content (AvgIpc) is 3.02. The highest BCUT2D eigenvalue weighted by Gasteiger charge is 2.41. The van der Waals surface area contributed by atoms with E-state index in [0.717, 1.165) is 19.6 Å². The zero-order valence-electron chi connectivity index (χ0n) is 13.7. The highest BCUT2D eigenvalue weighted by Crippen LogP contribution is 2.45. The predicted octanol–water partition coefficient (Wildman–Crippen LogP) is 4.29. The predicted molar refractivity (Wildman–Crippen MR) is 89.8 cm³/mol. The van der Waals surface area contributed by atoms with Crippen molar-refractivity contribution in [3.05, 3.63) is 35.9 Å². The second-order valence-electron chi connectivity index (χ2n) is 6.37. The molecule has 0 aromatic heterocycles. The molecule has 1 N–H and O–H groups in total. The van der Waals surface area contributed by atoms with Gasteiger partial charge in [0.25, 0.3) is 0 Å². The van der Waals surface area contributed by atoms with Gasteiger partial charge < -0.3 is 10.1 Å². The lowest BCUT2D eigenvalue weighted by molar-refractivity contribution is 0.178. The van der Waals surface area contributed by atoms with Gasteiger partial charge in [-0.05, 0) is 44.2 Å². The summed E-state index contributed by atoms with van der Waals surface area (Å²) < 4.78 is 5.27. The van der Waals surface area contributed by atoms with Crippen molar-refractivity contribution in [2.24, 2.45) is 0 Å². The molecule has 1 aromatic rings. The van der Waals surface area contributed by atoms with E-state index in [4.69, 9.17) is 4.74 Å². The molecule has 2 rings (SSSR count). The van der Waals surface area contributed by atoms with Crippen molar-refractivity contribution in [3.8, 4) is 0 Å². The minimum atomic E-state index is 0.337. The molecule has 0 radical (unpaired) electrons. The molecule has 21 heavy (non-hydrogen) atoms. The molecule has 0 spiro atoms. The summed E-state index contributed by atoms with van der Waals surface area (Å²) in [5.41, 5.74) is 1.87. The molecule has 118 valence electrons. The lowest BCUT2D eigenvalue weighted by atomic mass is 9.71. The van der Waals surface area contributed by atoms with E-state index < -0.39 is 0 Å². The number of ether oxygens (including phenoxy) is 1. The third-order valence-corrected chi connectivity index (χ3v) is 4.99. The van der Waals surface area contributed by atoms with E-state index >= 15 is 0 Å². The van der Waals surface area contributed by atoms with Gasteiger partial charge in [0.15, 0.2) is 0 Å². The van der Waals surface area contributed by atoms with Crippen LogP contribution in [0, 0.1) is 0 Å². The second kappa shape index (κ2) is 8.55. The van der Waals surface area contributed by atoms with Crippen LogP contribution in [0.25, 0.3) is 0 Å². The van der Waals surface area contributed by atoms with E-state index in [1.165, 1.54) is 44.1 Å². The largest absolute Gasteiger partial charge is 0.385 e. The molecule has 1 aliphatic carbocycles. The van der Waals surface area contributed by atoms with Crippen LogP contribution >= 0.6 is 0 Å². The fraction of sp³-hybridized carbons (Fsp3) is 0.684. The lowest BCUT2D eigenvalue weighted by Gasteiger charge is -2.39. The van der Waals surface area contributed by atoms with Gasteiger partial charge in [0, 0.05) is 25.2 Å². The normalized spacial score (nSPS) is 18.8. The molecule has 0 bridgehead atoms. The zero-order chi connectivity index (χ0) is 15.0. The van der Waals surface area contributed by atoms with E-state index in [1.807, 2.05) is 0 Å². The Morgan fingerprint density at radius 1 is 1.19 bits per heavy atom. The van der Waals surface area contributed by atoms with E-state index in [-0.39, 0.29) is 0 Å². The minimum absolute atomic E-state index is 0.337. The molecule has 0 heterocycles. The van der Waals surface area contributed by atoms with Crippen LogP contribution in [0.3, 0.4) is 0 Å². The first-order valence-corrected chi connectivity index (χ1v) is 8.61. The fourth-order valence-corrected chi connectivity index (χ4v) is 3.94. The Hall–Kier alpha value is -0.860. The molecule has 2 heteroatoms. The van der Waals surface area contributed by atoms with Gasteiger partial charge in [-0.15, -0.1) is 0 Å². The van der Waals surface area contributed by atoms with Crippen LogP contribution in [-0.4, -0.2) is 26.3 Å². The van der Waals surface area contributed by atoms with Gasteiger partial charge in [-0.25, -0.2) is 0 Å². The molecule has 2 nitrogen and oxygen atoms in total. The molecular weight excluding hydrogens is 258 g/mol. The van der Waals surface area contributed by atoms with Crippen LogP contribution in [0.2, 0.25) is 0 Å². The maximum Gasteiger partial charge on any atom is 0.0462 e. The summed E-state index contributed by atoms with van der Waals surface area (Å²) in [6.45, 7) is 4.24. The molecular formula is C19H31NO. The van der Waals surface area contributed by atoms with Crippen LogP contribution in [0.5, 0.6) is 0 Å². The van der Waals surface area contributed by atoms with Gasteiger partial charge in [-0.3, -0.25) is 0 Å². The molecule has 1 saturated carbocycles. The lowest BCUT2D eigenvalue weighted by Crippen LogP contribution is -2.47. The standard InChI is InChI=1S/C19H31NO/c1-3-15-20-18(12-9-16-21-2)19(13-7-8-14-19)17-10-5-4-6-11-17/h4-6,10-11,18,20H,3,7-9,12-16H2,1-2H3. The maximum absolute atomic E-state index is 5.27. The van der Waals surface area contributed by atoms with Crippen LogP contribution in [0.4, 0.5) is 0 Å². The fourth-order valence-electron chi connectivity index (χ4n) is 3.94. The smallest absolute Gasteiger partial charge is 0.0462 e. The van der Waals surface area contributed by atoms with E-state index in [1.54, 1.807) is 7.11 Å². The number of hydrogen-bond acceptors (Lipinski definition) is 2. The Bertz CT molecular complexity index is 384. The first kappa shape index (κ1) is 16.5. The molecule has 1 aliphatic rings. The Balaban J connectivity index is 2.18. The third kappa shape index (κ3) is 4.08. The number of benzene rings is 1. The van der Waals surface area contributed by atoms with E-state index in [2.05, 4.69) is 42.6 Å². The first-order valence-electron chi connectivity index (χ1n) is 8.61. The molecule has 1 unspecified atom stereocenters. The summed E-state index contributed by atoms with van der Waals surface area (Å²) in [5, 5.41) is 3.85. The van der Waals surface area contributed by atoms with Gasteiger partial charge >= 0.3 is 0 Å². The number of hydrogen-bond donors (Lipinski definition) is 1. The molecule has 1 aromatic carbocycles. The van der Waals surface area contributed by atoms with Crippen molar-refractivity contribution in [1.82, 2.24) is 5.32 Å². The summed E-state index contributed by atoms with van der Waals surface area (Å²) in [6.07, 6.45) is 8.94. The average molecular weight is 289 g/mol. The molecule has 0 amide bonds. The summed E-state index contributed by atoms with van der Waals surface area (Å²) in [5.74, 6) is 0. The van der Waals surface area contributed by atoms with E-state index in [0.29, 0.717) is 11.5 Å². The number of nitrogens with one attached hydrogen (secondary N) is 1. The Morgan fingerprint density at radius 3 is 2.52 bits per heavy atom. The number of methoxy groups -OCH3 is 1. The zero-order valence-corrected chi connectivity index (χ0v) is 13.7. The Morgan fingerprint density at radius 2 is 1.90 bits per heavy atom. The molecule has 1 atom stereocenters. The van der Waals surface area contributed by atoms with Crippen LogP contribution < -0.4 is 5.32 Å². The maximum atomic E-state index is 5.27. The third-order valence-electron chi connectivity index (χ3n) is 4.99. The quantitative estimate of drug-likeness (QED) is 0.685. The minimum Gasteiger partial charge on any atom is -0.385 e. The summed E-state index contributed by atoms with van der Waals surface area (Å²) in [7, 11) is 1.80. The van der Waals surface area contributed by atoms with Gasteiger partial charge in [0.2, 0.25) is 0 Å². The van der Waals surface area contributed by atoms with Crippen molar-refractivity contribution >= 4 is 0 Å². The van der Waals surface area contributed by atoms with Crippen LogP contribution in [0.1, 0.15) is 57.4 Å². The van der Waals surface area contributed by atoms with Crippen molar-refractivity contribution in [1.29, 1.82) is 0 Å². The summed E-state index contributed by atoms with van der Waals surface area (Å²) in [6, 6.07) is 11.8. The summed E-state index contributed by atoms with van der Waals surface area (Å²) in [4.78, 5) is 0. The topological polar surface area (TPSA) is 21.3 Å². The second-order valence-corrected chi connectivity index (χ2v) is 6.37. The molecule has 1 fully saturated rings. The molecule has 0 aliphatic heterocycles. The van der Waals surface area contributed by atoms with E-state index in [9.17, 15) is 0 Å².